The number of nitrogens with zero attached hydrogens (tertiary/aromatic N) is 2. The number of benzene rings is 2. The van der Waals surface area contributed by atoms with E-state index in [4.69, 9.17) is 5.73 Å². The average Bonchev–Trinajstić information content (AvgIpc) is 2.88. The predicted molar refractivity (Wildman–Crippen MR) is 200 cm³/mol. The first-order valence-electron chi connectivity index (χ1n) is 16.6. The third kappa shape index (κ3) is 15.0. The molecule has 0 unspecified atom stereocenters. The lowest BCUT2D eigenvalue weighted by Crippen LogP contribution is -2.22. The monoisotopic (exact) mass is 660 g/mol. The summed E-state index contributed by atoms with van der Waals surface area (Å²) in [4.78, 5) is 4.28. The molecule has 248 valence electrons. The lowest BCUT2D eigenvalue weighted by atomic mass is 9.87. The van der Waals surface area contributed by atoms with Gasteiger partial charge in [0.1, 0.15) is 0 Å². The topological polar surface area (TPSA) is 44.5 Å². The Morgan fingerprint density at radius 3 is 1.12 bits per heavy atom. The summed E-state index contributed by atoms with van der Waals surface area (Å²) in [7, 11) is 8.26. The van der Waals surface area contributed by atoms with Crippen molar-refractivity contribution in [1.29, 1.82) is 0 Å². The molecule has 5 heteroatoms. The van der Waals surface area contributed by atoms with Crippen molar-refractivity contribution in [3.63, 3.8) is 0 Å². The predicted octanol–water partition coefficient (Wildman–Crippen LogP) is 10.4. The minimum atomic E-state index is 0.544. The highest BCUT2D eigenvalue weighted by Gasteiger charge is 2.17. The number of nitrogens with one attached hydrogen (secondary N) is 1. The minimum Gasteiger partial charge on any atom is -0.383 e. The van der Waals surface area contributed by atoms with Gasteiger partial charge in [-0.3, -0.25) is 0 Å². The largest absolute Gasteiger partial charge is 0.383 e. The van der Waals surface area contributed by atoms with Crippen LogP contribution in [0.2, 0.25) is 0 Å². The zero-order valence-electron chi connectivity index (χ0n) is 31.0. The van der Waals surface area contributed by atoms with Crippen LogP contribution in [-0.4, -0.2) is 64.2 Å². The van der Waals surface area contributed by atoms with Crippen LogP contribution in [0.3, 0.4) is 0 Å². The van der Waals surface area contributed by atoms with Gasteiger partial charge in [0.25, 0.3) is 0 Å². The van der Waals surface area contributed by atoms with E-state index in [0.29, 0.717) is 35.5 Å². The molecular formula is C38H69BrN4. The van der Waals surface area contributed by atoms with Crippen molar-refractivity contribution in [2.75, 3.05) is 59.7 Å². The van der Waals surface area contributed by atoms with Gasteiger partial charge in [0, 0.05) is 36.3 Å². The van der Waals surface area contributed by atoms with Crippen molar-refractivity contribution in [2.45, 2.75) is 119 Å². The van der Waals surface area contributed by atoms with Crippen LogP contribution in [0.15, 0.2) is 28.7 Å². The Morgan fingerprint density at radius 2 is 0.884 bits per heavy atom. The summed E-state index contributed by atoms with van der Waals surface area (Å²) in [5.74, 6) is 3.42. The molecule has 2 aromatic carbocycles. The summed E-state index contributed by atoms with van der Waals surface area (Å²) in [6.07, 6.45) is 0. The van der Waals surface area contributed by atoms with E-state index in [9.17, 15) is 0 Å². The standard InChI is InChI=1S/C19H34N2.C15H23Br.C4H12N2/c1-13(2)16-11-17(14(3)4)19(18(12-16)15(5)6)20-9-10-21(7)8;1-9(2)12-7-13(10(3)4)15(16)14(8-12)11(5)6;1-6(2)4-3-5/h11-15,20H,9-10H2,1-8H3;7-11H,1-6H3;3-5H2,1-2H3. The van der Waals surface area contributed by atoms with Crippen LogP contribution in [0.1, 0.15) is 152 Å². The van der Waals surface area contributed by atoms with E-state index in [1.54, 1.807) is 0 Å². The van der Waals surface area contributed by atoms with Gasteiger partial charge in [-0.2, -0.15) is 0 Å². The Hall–Kier alpha value is -1.40. The Morgan fingerprint density at radius 1 is 0.558 bits per heavy atom. The maximum absolute atomic E-state index is 5.19. The highest BCUT2D eigenvalue weighted by molar-refractivity contribution is 9.10. The molecule has 0 aliphatic heterocycles. The van der Waals surface area contributed by atoms with Crippen LogP contribution >= 0.6 is 15.9 Å². The van der Waals surface area contributed by atoms with Crippen molar-refractivity contribution in [2.24, 2.45) is 5.73 Å². The van der Waals surface area contributed by atoms with Crippen LogP contribution in [0.5, 0.6) is 0 Å². The Balaban J connectivity index is 0.000000707. The zero-order valence-corrected chi connectivity index (χ0v) is 32.5. The number of likely N-dealkylation sites (N-methyl/N-ethyl adjacent to an activating group) is 2. The molecule has 0 aromatic heterocycles. The van der Waals surface area contributed by atoms with Crippen LogP contribution in [0.4, 0.5) is 5.69 Å². The fourth-order valence-corrected chi connectivity index (χ4v) is 5.83. The summed E-state index contributed by atoms with van der Waals surface area (Å²) in [5, 5.41) is 3.70. The molecule has 2 rings (SSSR count). The molecule has 0 fully saturated rings. The van der Waals surface area contributed by atoms with Crippen LogP contribution in [0, 0.1) is 0 Å². The molecule has 4 nitrogen and oxygen atoms in total. The molecule has 0 spiro atoms. The first kappa shape index (κ1) is 41.6. The minimum absolute atomic E-state index is 0.544. The van der Waals surface area contributed by atoms with Gasteiger partial charge in [0.15, 0.2) is 0 Å². The molecule has 0 bridgehead atoms. The van der Waals surface area contributed by atoms with E-state index in [0.717, 1.165) is 26.2 Å². The van der Waals surface area contributed by atoms with Gasteiger partial charge in [-0.25, -0.2) is 0 Å². The van der Waals surface area contributed by atoms with E-state index >= 15 is 0 Å². The Labute approximate surface area is 276 Å². The number of anilines is 1. The molecule has 43 heavy (non-hydrogen) atoms. The molecule has 0 amide bonds. The van der Waals surface area contributed by atoms with Gasteiger partial charge in [-0.1, -0.05) is 123 Å². The summed E-state index contributed by atoms with van der Waals surface area (Å²) < 4.78 is 1.31. The lowest BCUT2D eigenvalue weighted by molar-refractivity contribution is 0.420. The highest BCUT2D eigenvalue weighted by atomic mass is 79.9. The molecule has 3 N–H and O–H groups in total. The molecular weight excluding hydrogens is 592 g/mol. The van der Waals surface area contributed by atoms with Crippen molar-refractivity contribution in [3.05, 3.63) is 62.1 Å². The Bertz CT molecular complexity index is 994. The van der Waals surface area contributed by atoms with E-state index in [-0.39, 0.29) is 0 Å². The summed E-state index contributed by atoms with van der Waals surface area (Å²) in [5.41, 5.74) is 15.3. The SMILES string of the molecule is CC(C)c1cc(C(C)C)c(Br)c(C(C)C)c1.CC(C)c1cc(C(C)C)c(NCCN(C)C)c(C(C)C)c1.CN(C)CCN. The van der Waals surface area contributed by atoms with Crippen LogP contribution in [-0.2, 0) is 0 Å². The van der Waals surface area contributed by atoms with Gasteiger partial charge < -0.3 is 20.9 Å². The van der Waals surface area contributed by atoms with E-state index in [1.807, 2.05) is 14.1 Å². The van der Waals surface area contributed by atoms with Crippen LogP contribution in [0.25, 0.3) is 0 Å². The van der Waals surface area contributed by atoms with Gasteiger partial charge in [0.2, 0.25) is 0 Å². The number of hydrogen-bond acceptors (Lipinski definition) is 4. The fraction of sp³-hybridized carbons (Fsp3) is 0.684. The normalized spacial score (nSPS) is 11.7. The molecule has 2 aromatic rings. The number of rotatable bonds is 12. The summed E-state index contributed by atoms with van der Waals surface area (Å²) in [6.45, 7) is 31.1. The number of halogens is 1. The summed E-state index contributed by atoms with van der Waals surface area (Å²) in [6, 6.07) is 9.51. The second-order valence-corrected chi connectivity index (χ2v) is 15.1. The Kier molecular flexibility index (Phi) is 19.9. The quantitative estimate of drug-likeness (QED) is 0.238. The van der Waals surface area contributed by atoms with Crippen LogP contribution < -0.4 is 11.1 Å². The van der Waals surface area contributed by atoms with Crippen molar-refractivity contribution >= 4 is 21.6 Å². The third-order valence-electron chi connectivity index (χ3n) is 7.63. The molecule has 0 heterocycles. The molecule has 0 aliphatic carbocycles. The molecule has 0 saturated heterocycles. The maximum atomic E-state index is 5.19. The summed E-state index contributed by atoms with van der Waals surface area (Å²) >= 11 is 3.77. The zero-order chi connectivity index (χ0) is 33.6. The van der Waals surface area contributed by atoms with E-state index in [2.05, 4.69) is 152 Å². The highest BCUT2D eigenvalue weighted by Crippen LogP contribution is 2.37. The molecule has 0 aliphatic rings. The van der Waals surface area contributed by atoms with Crippen molar-refractivity contribution in [3.8, 4) is 0 Å². The van der Waals surface area contributed by atoms with E-state index in [1.165, 1.54) is 43.5 Å². The second-order valence-electron chi connectivity index (χ2n) is 14.3. The number of hydrogen-bond donors (Lipinski definition) is 2. The number of nitrogens with two attached hydrogens (primary N) is 1. The molecule has 0 saturated carbocycles. The first-order chi connectivity index (χ1) is 19.8. The van der Waals surface area contributed by atoms with Crippen molar-refractivity contribution in [1.82, 2.24) is 9.80 Å². The van der Waals surface area contributed by atoms with Gasteiger partial charge in [0.05, 0.1) is 0 Å². The molecule has 0 radical (unpaired) electrons. The average molecular weight is 662 g/mol. The smallest absolute Gasteiger partial charge is 0.0411 e. The molecule has 0 atom stereocenters. The van der Waals surface area contributed by atoms with E-state index < -0.39 is 0 Å². The first-order valence-corrected chi connectivity index (χ1v) is 17.4. The van der Waals surface area contributed by atoms with Crippen molar-refractivity contribution < 1.29 is 0 Å². The van der Waals surface area contributed by atoms with Gasteiger partial charge in [-0.05, 0) is 97.1 Å². The second kappa shape index (κ2) is 20.6. The lowest BCUT2D eigenvalue weighted by Gasteiger charge is -2.24. The van der Waals surface area contributed by atoms with Gasteiger partial charge in [-0.15, -0.1) is 0 Å². The third-order valence-corrected chi connectivity index (χ3v) is 8.55. The fourth-order valence-electron chi connectivity index (χ4n) is 4.69. The van der Waals surface area contributed by atoms with Gasteiger partial charge >= 0.3 is 0 Å². The maximum Gasteiger partial charge on any atom is 0.0411 e.